The summed E-state index contributed by atoms with van der Waals surface area (Å²) in [6.07, 6.45) is 1.26. The predicted octanol–water partition coefficient (Wildman–Crippen LogP) is 1.05. The van der Waals surface area contributed by atoms with Gasteiger partial charge in [-0.05, 0) is 38.4 Å². The SMILES string of the molecule is Cc1cc(C)c(C#N)c(N2CCN(C3CCNC3)CC2)n1. The third kappa shape index (κ3) is 2.87. The van der Waals surface area contributed by atoms with Gasteiger partial charge in [0.2, 0.25) is 0 Å². The van der Waals surface area contributed by atoms with Gasteiger partial charge in [-0.3, -0.25) is 4.90 Å². The molecule has 5 nitrogen and oxygen atoms in total. The summed E-state index contributed by atoms with van der Waals surface area (Å²) in [5.74, 6) is 0.874. The molecule has 2 aliphatic rings. The highest BCUT2D eigenvalue weighted by atomic mass is 15.3. The Bertz CT molecular complexity index is 549. The van der Waals surface area contributed by atoms with Gasteiger partial charge in [0.15, 0.2) is 0 Å². The molecule has 3 heterocycles. The van der Waals surface area contributed by atoms with E-state index in [9.17, 15) is 5.26 Å². The van der Waals surface area contributed by atoms with Crippen LogP contribution in [0.4, 0.5) is 5.82 Å². The molecule has 0 amide bonds. The molecule has 112 valence electrons. The number of nitriles is 1. The van der Waals surface area contributed by atoms with Gasteiger partial charge in [-0.2, -0.15) is 5.26 Å². The molecule has 0 aromatic carbocycles. The minimum atomic E-state index is 0.690. The highest BCUT2D eigenvalue weighted by Crippen LogP contribution is 2.23. The second-order valence-corrected chi connectivity index (χ2v) is 6.06. The number of piperazine rings is 1. The Morgan fingerprint density at radius 2 is 2.05 bits per heavy atom. The van der Waals surface area contributed by atoms with Gasteiger partial charge in [-0.25, -0.2) is 4.98 Å². The van der Waals surface area contributed by atoms with Crippen LogP contribution in [0.15, 0.2) is 6.07 Å². The predicted molar refractivity (Wildman–Crippen MR) is 83.5 cm³/mol. The summed E-state index contributed by atoms with van der Waals surface area (Å²) in [7, 11) is 0. The molecule has 0 aliphatic carbocycles. The molecular formula is C16H23N5. The van der Waals surface area contributed by atoms with Crippen LogP contribution in [0.5, 0.6) is 0 Å². The number of pyridine rings is 1. The topological polar surface area (TPSA) is 55.2 Å². The van der Waals surface area contributed by atoms with Crippen molar-refractivity contribution in [3.63, 3.8) is 0 Å². The lowest BCUT2D eigenvalue weighted by molar-refractivity contribution is 0.196. The van der Waals surface area contributed by atoms with Crippen molar-refractivity contribution in [2.75, 3.05) is 44.2 Å². The van der Waals surface area contributed by atoms with Gasteiger partial charge in [0.25, 0.3) is 0 Å². The fraction of sp³-hybridized carbons (Fsp3) is 0.625. The van der Waals surface area contributed by atoms with Gasteiger partial charge in [0.05, 0.1) is 5.56 Å². The third-order valence-electron chi connectivity index (χ3n) is 4.60. The van der Waals surface area contributed by atoms with E-state index in [0.717, 1.165) is 61.9 Å². The third-order valence-corrected chi connectivity index (χ3v) is 4.60. The van der Waals surface area contributed by atoms with Gasteiger partial charge in [-0.15, -0.1) is 0 Å². The lowest BCUT2D eigenvalue weighted by atomic mass is 10.1. The van der Waals surface area contributed by atoms with Crippen molar-refractivity contribution in [3.05, 3.63) is 22.9 Å². The van der Waals surface area contributed by atoms with Crippen molar-refractivity contribution in [3.8, 4) is 6.07 Å². The van der Waals surface area contributed by atoms with Crippen LogP contribution in [-0.4, -0.2) is 55.2 Å². The summed E-state index contributed by atoms with van der Waals surface area (Å²) in [5.41, 5.74) is 2.75. The zero-order chi connectivity index (χ0) is 14.8. The number of aromatic nitrogens is 1. The van der Waals surface area contributed by atoms with Crippen LogP contribution in [0.25, 0.3) is 0 Å². The minimum Gasteiger partial charge on any atom is -0.353 e. The average Bonchev–Trinajstić information content (AvgIpc) is 3.01. The highest BCUT2D eigenvalue weighted by molar-refractivity contribution is 5.58. The van der Waals surface area contributed by atoms with Crippen LogP contribution < -0.4 is 10.2 Å². The molecule has 2 aliphatic heterocycles. The van der Waals surface area contributed by atoms with Crippen LogP contribution in [0.3, 0.4) is 0 Å². The Morgan fingerprint density at radius 3 is 2.67 bits per heavy atom. The first-order chi connectivity index (χ1) is 10.2. The molecule has 2 fully saturated rings. The fourth-order valence-corrected chi connectivity index (χ4v) is 3.43. The van der Waals surface area contributed by atoms with Crippen LogP contribution >= 0.6 is 0 Å². The Labute approximate surface area is 126 Å². The summed E-state index contributed by atoms with van der Waals surface area (Å²) in [6, 6.07) is 5.01. The molecule has 1 unspecified atom stereocenters. The Balaban J connectivity index is 1.73. The van der Waals surface area contributed by atoms with E-state index in [-0.39, 0.29) is 0 Å². The second-order valence-electron chi connectivity index (χ2n) is 6.06. The minimum absolute atomic E-state index is 0.690. The first-order valence-electron chi connectivity index (χ1n) is 7.77. The van der Waals surface area contributed by atoms with Crippen molar-refractivity contribution in [1.29, 1.82) is 5.26 Å². The zero-order valence-corrected chi connectivity index (χ0v) is 12.9. The van der Waals surface area contributed by atoms with E-state index in [1.165, 1.54) is 6.42 Å². The average molecular weight is 285 g/mol. The Kier molecular flexibility index (Phi) is 4.09. The Morgan fingerprint density at radius 1 is 1.29 bits per heavy atom. The van der Waals surface area contributed by atoms with Crippen LogP contribution in [0, 0.1) is 25.2 Å². The molecule has 1 aromatic rings. The first kappa shape index (κ1) is 14.3. The lowest BCUT2D eigenvalue weighted by Gasteiger charge is -2.38. The maximum Gasteiger partial charge on any atom is 0.147 e. The van der Waals surface area contributed by atoms with Crippen LogP contribution in [0.2, 0.25) is 0 Å². The largest absolute Gasteiger partial charge is 0.353 e. The maximum atomic E-state index is 9.41. The summed E-state index contributed by atoms with van der Waals surface area (Å²) in [6.45, 7) is 10.3. The van der Waals surface area contributed by atoms with E-state index in [1.54, 1.807) is 0 Å². The quantitative estimate of drug-likeness (QED) is 0.880. The molecule has 0 bridgehead atoms. The highest BCUT2D eigenvalue weighted by Gasteiger charge is 2.27. The number of aryl methyl sites for hydroxylation is 2. The zero-order valence-electron chi connectivity index (χ0n) is 12.9. The van der Waals surface area contributed by atoms with Crippen molar-refractivity contribution in [2.45, 2.75) is 26.3 Å². The van der Waals surface area contributed by atoms with E-state index < -0.39 is 0 Å². The monoisotopic (exact) mass is 285 g/mol. The molecule has 1 N–H and O–H groups in total. The lowest BCUT2D eigenvalue weighted by Crippen LogP contribution is -2.51. The number of anilines is 1. The molecule has 1 atom stereocenters. The van der Waals surface area contributed by atoms with E-state index in [1.807, 2.05) is 19.9 Å². The molecule has 1 aromatic heterocycles. The summed E-state index contributed by atoms with van der Waals surface area (Å²) in [4.78, 5) is 9.47. The molecule has 0 radical (unpaired) electrons. The van der Waals surface area contributed by atoms with E-state index >= 15 is 0 Å². The van der Waals surface area contributed by atoms with E-state index in [4.69, 9.17) is 0 Å². The number of nitrogens with zero attached hydrogens (tertiary/aromatic N) is 4. The smallest absolute Gasteiger partial charge is 0.147 e. The molecule has 0 saturated carbocycles. The van der Waals surface area contributed by atoms with E-state index in [0.29, 0.717) is 6.04 Å². The first-order valence-corrected chi connectivity index (χ1v) is 7.77. The molecule has 21 heavy (non-hydrogen) atoms. The van der Waals surface area contributed by atoms with Gasteiger partial charge in [-0.1, -0.05) is 0 Å². The van der Waals surface area contributed by atoms with Gasteiger partial charge in [0, 0.05) is 44.5 Å². The summed E-state index contributed by atoms with van der Waals surface area (Å²) >= 11 is 0. The van der Waals surface area contributed by atoms with Crippen molar-refractivity contribution in [1.82, 2.24) is 15.2 Å². The fourth-order valence-electron chi connectivity index (χ4n) is 3.43. The molecule has 5 heteroatoms. The van der Waals surface area contributed by atoms with Crippen LogP contribution in [-0.2, 0) is 0 Å². The number of hydrogen-bond acceptors (Lipinski definition) is 5. The molecule has 2 saturated heterocycles. The van der Waals surface area contributed by atoms with Gasteiger partial charge in [0.1, 0.15) is 11.9 Å². The number of hydrogen-bond donors (Lipinski definition) is 1. The van der Waals surface area contributed by atoms with Crippen molar-refractivity contribution in [2.24, 2.45) is 0 Å². The Hall–Kier alpha value is -1.64. The maximum absolute atomic E-state index is 9.41. The number of nitrogens with one attached hydrogen (secondary N) is 1. The van der Waals surface area contributed by atoms with Crippen molar-refractivity contribution >= 4 is 5.82 Å². The molecule has 3 rings (SSSR count). The van der Waals surface area contributed by atoms with Gasteiger partial charge >= 0.3 is 0 Å². The standard InChI is InChI=1S/C16H23N5/c1-12-9-13(2)19-16(15(12)10-17)21-7-5-20(6-8-21)14-3-4-18-11-14/h9,14,18H,3-8,11H2,1-2H3. The van der Waals surface area contributed by atoms with Crippen molar-refractivity contribution < 1.29 is 0 Å². The summed E-state index contributed by atoms with van der Waals surface area (Å²) in [5, 5.41) is 12.8. The molecular weight excluding hydrogens is 262 g/mol. The number of rotatable bonds is 2. The summed E-state index contributed by atoms with van der Waals surface area (Å²) < 4.78 is 0. The normalized spacial score (nSPS) is 23.3. The molecule has 0 spiro atoms. The second kappa shape index (κ2) is 6.00. The van der Waals surface area contributed by atoms with Gasteiger partial charge < -0.3 is 10.2 Å². The van der Waals surface area contributed by atoms with Crippen LogP contribution in [0.1, 0.15) is 23.2 Å². The van der Waals surface area contributed by atoms with E-state index in [2.05, 4.69) is 26.2 Å².